The summed E-state index contributed by atoms with van der Waals surface area (Å²) in [4.78, 5) is 12.4. The molecule has 1 aliphatic rings. The average molecular weight is 325 g/mol. The first-order valence-electron chi connectivity index (χ1n) is 8.15. The summed E-state index contributed by atoms with van der Waals surface area (Å²) in [6.45, 7) is 4.10. The average Bonchev–Trinajstić information content (AvgIpc) is 3.00. The Morgan fingerprint density at radius 1 is 0.958 bits per heavy atom. The second kappa shape index (κ2) is 6.56. The van der Waals surface area contributed by atoms with E-state index in [1.165, 1.54) is 0 Å². The second-order valence-electron chi connectivity index (χ2n) is 6.22. The van der Waals surface area contributed by atoms with Crippen molar-refractivity contribution in [2.45, 2.75) is 32.7 Å². The monoisotopic (exact) mass is 325 g/mol. The van der Waals surface area contributed by atoms with Gasteiger partial charge in [0.2, 0.25) is 0 Å². The third-order valence-corrected chi connectivity index (χ3v) is 4.84. The van der Waals surface area contributed by atoms with Crippen molar-refractivity contribution in [1.29, 1.82) is 0 Å². The first-order chi connectivity index (χ1) is 11.6. The minimum atomic E-state index is -0.0419. The number of benzene rings is 2. The predicted octanol–water partition coefficient (Wildman–Crippen LogP) is 3.22. The molecule has 0 bridgehead atoms. The zero-order valence-corrected chi connectivity index (χ0v) is 14.6. The summed E-state index contributed by atoms with van der Waals surface area (Å²) in [6.07, 6.45) is 1.52. The minimum absolute atomic E-state index is 0.0419. The lowest BCUT2D eigenvalue weighted by Gasteiger charge is -2.17. The molecule has 0 aliphatic heterocycles. The number of rotatable bonds is 4. The van der Waals surface area contributed by atoms with Crippen molar-refractivity contribution >= 4 is 5.91 Å². The number of amides is 1. The van der Waals surface area contributed by atoms with Gasteiger partial charge in [-0.1, -0.05) is 18.2 Å². The van der Waals surface area contributed by atoms with Gasteiger partial charge in [0.05, 0.1) is 14.2 Å². The van der Waals surface area contributed by atoms with E-state index < -0.39 is 0 Å². The SMILES string of the molecule is COc1c(C)c(C)c(OC)c2c1CC(NC(=O)c1ccccc1)C2. The molecule has 2 aromatic rings. The fourth-order valence-electron chi connectivity index (χ4n) is 3.58. The van der Waals surface area contributed by atoms with Crippen molar-refractivity contribution in [3.8, 4) is 11.5 Å². The third-order valence-electron chi connectivity index (χ3n) is 4.84. The predicted molar refractivity (Wildman–Crippen MR) is 94.1 cm³/mol. The van der Waals surface area contributed by atoms with Gasteiger partial charge in [-0.25, -0.2) is 0 Å². The van der Waals surface area contributed by atoms with Gasteiger partial charge < -0.3 is 14.8 Å². The molecular formula is C20H23NO3. The van der Waals surface area contributed by atoms with Crippen LogP contribution in [-0.2, 0) is 12.8 Å². The fraction of sp³-hybridized carbons (Fsp3) is 0.350. The summed E-state index contributed by atoms with van der Waals surface area (Å²) < 4.78 is 11.3. The zero-order chi connectivity index (χ0) is 17.3. The molecule has 4 heteroatoms. The molecule has 0 aromatic heterocycles. The first-order valence-corrected chi connectivity index (χ1v) is 8.15. The third kappa shape index (κ3) is 2.73. The van der Waals surface area contributed by atoms with Crippen LogP contribution in [0.4, 0.5) is 0 Å². The molecule has 126 valence electrons. The largest absolute Gasteiger partial charge is 0.496 e. The number of nitrogens with one attached hydrogen (secondary N) is 1. The van der Waals surface area contributed by atoms with Gasteiger partial charge in [-0.3, -0.25) is 4.79 Å². The molecule has 0 atom stereocenters. The van der Waals surface area contributed by atoms with Crippen molar-refractivity contribution in [1.82, 2.24) is 5.32 Å². The zero-order valence-electron chi connectivity index (χ0n) is 14.6. The quantitative estimate of drug-likeness (QED) is 0.939. The minimum Gasteiger partial charge on any atom is -0.496 e. The van der Waals surface area contributed by atoms with Crippen LogP contribution in [-0.4, -0.2) is 26.2 Å². The van der Waals surface area contributed by atoms with Gasteiger partial charge in [0, 0.05) is 22.7 Å². The van der Waals surface area contributed by atoms with Crippen LogP contribution < -0.4 is 14.8 Å². The molecule has 0 heterocycles. The summed E-state index contributed by atoms with van der Waals surface area (Å²) in [7, 11) is 3.40. The van der Waals surface area contributed by atoms with Gasteiger partial charge in [0.15, 0.2) is 0 Å². The summed E-state index contributed by atoms with van der Waals surface area (Å²) in [5, 5.41) is 3.13. The highest BCUT2D eigenvalue weighted by molar-refractivity contribution is 5.94. The van der Waals surface area contributed by atoms with E-state index in [1.807, 2.05) is 44.2 Å². The molecule has 0 saturated carbocycles. The second-order valence-corrected chi connectivity index (χ2v) is 6.22. The van der Waals surface area contributed by atoms with Crippen LogP contribution in [0.25, 0.3) is 0 Å². The molecule has 0 saturated heterocycles. The van der Waals surface area contributed by atoms with Crippen molar-refractivity contribution in [2.24, 2.45) is 0 Å². The van der Waals surface area contributed by atoms with Crippen molar-refractivity contribution in [3.63, 3.8) is 0 Å². The number of methoxy groups -OCH3 is 2. The topological polar surface area (TPSA) is 47.6 Å². The van der Waals surface area contributed by atoms with E-state index in [1.54, 1.807) is 14.2 Å². The summed E-state index contributed by atoms with van der Waals surface area (Å²) in [6, 6.07) is 9.36. The normalized spacial score (nSPS) is 13.5. The highest BCUT2D eigenvalue weighted by Gasteiger charge is 2.31. The van der Waals surface area contributed by atoms with Crippen molar-refractivity contribution in [2.75, 3.05) is 14.2 Å². The number of hydrogen-bond acceptors (Lipinski definition) is 3. The summed E-state index contributed by atoms with van der Waals surface area (Å²) in [5.74, 6) is 1.79. The Hall–Kier alpha value is -2.49. The van der Waals surface area contributed by atoms with Gasteiger partial charge in [0.25, 0.3) is 5.91 Å². The molecule has 4 nitrogen and oxygen atoms in total. The Morgan fingerprint density at radius 2 is 1.46 bits per heavy atom. The van der Waals surface area contributed by atoms with Gasteiger partial charge >= 0.3 is 0 Å². The van der Waals surface area contributed by atoms with Crippen LogP contribution in [0, 0.1) is 13.8 Å². The van der Waals surface area contributed by atoms with Crippen molar-refractivity contribution in [3.05, 3.63) is 58.1 Å². The molecule has 2 aromatic carbocycles. The molecule has 1 amide bonds. The van der Waals surface area contributed by atoms with Gasteiger partial charge in [-0.05, 0) is 49.9 Å². The van der Waals surface area contributed by atoms with Gasteiger partial charge in [0.1, 0.15) is 11.5 Å². The highest BCUT2D eigenvalue weighted by atomic mass is 16.5. The Kier molecular flexibility index (Phi) is 4.47. The van der Waals surface area contributed by atoms with E-state index >= 15 is 0 Å². The first kappa shape index (κ1) is 16.4. The maximum absolute atomic E-state index is 12.4. The molecule has 0 fully saturated rings. The smallest absolute Gasteiger partial charge is 0.251 e. The molecule has 0 unspecified atom stereocenters. The number of fused-ring (bicyclic) bond motifs is 1. The molecule has 0 spiro atoms. The van der Waals surface area contributed by atoms with E-state index in [-0.39, 0.29) is 11.9 Å². The van der Waals surface area contributed by atoms with E-state index in [9.17, 15) is 4.79 Å². The molecule has 1 N–H and O–H groups in total. The molecule has 3 rings (SSSR count). The molecule has 0 radical (unpaired) electrons. The van der Waals surface area contributed by atoms with E-state index in [2.05, 4.69) is 5.32 Å². The summed E-state index contributed by atoms with van der Waals surface area (Å²) in [5.41, 5.74) is 5.18. The molecule has 24 heavy (non-hydrogen) atoms. The standard InChI is InChI=1S/C20H23NO3/c1-12-13(2)19(24-4)17-11-15(10-16(17)18(12)23-3)21-20(22)14-8-6-5-7-9-14/h5-9,15H,10-11H2,1-4H3,(H,21,22). The lowest BCUT2D eigenvalue weighted by Crippen LogP contribution is -2.35. The van der Waals surface area contributed by atoms with Crippen LogP contribution in [0.5, 0.6) is 11.5 Å². The van der Waals surface area contributed by atoms with E-state index in [4.69, 9.17) is 9.47 Å². The van der Waals surface area contributed by atoms with Crippen LogP contribution >= 0.6 is 0 Å². The number of carbonyl (C=O) groups excluding carboxylic acids is 1. The fourth-order valence-corrected chi connectivity index (χ4v) is 3.58. The van der Waals surface area contributed by atoms with Crippen LogP contribution in [0.15, 0.2) is 30.3 Å². The van der Waals surface area contributed by atoms with Gasteiger partial charge in [-0.2, -0.15) is 0 Å². The Balaban J connectivity index is 1.88. The highest BCUT2D eigenvalue weighted by Crippen LogP contribution is 2.42. The molecule has 1 aliphatic carbocycles. The lowest BCUT2D eigenvalue weighted by molar-refractivity contribution is 0.0938. The maximum atomic E-state index is 12.4. The van der Waals surface area contributed by atoms with Crippen LogP contribution in [0.2, 0.25) is 0 Å². The van der Waals surface area contributed by atoms with E-state index in [0.717, 1.165) is 46.6 Å². The Morgan fingerprint density at radius 3 is 1.92 bits per heavy atom. The van der Waals surface area contributed by atoms with Crippen LogP contribution in [0.1, 0.15) is 32.6 Å². The molecular weight excluding hydrogens is 302 g/mol. The Labute approximate surface area is 142 Å². The number of hydrogen-bond donors (Lipinski definition) is 1. The van der Waals surface area contributed by atoms with Gasteiger partial charge in [-0.15, -0.1) is 0 Å². The number of ether oxygens (including phenoxy) is 2. The number of carbonyl (C=O) groups is 1. The van der Waals surface area contributed by atoms with Crippen LogP contribution in [0.3, 0.4) is 0 Å². The summed E-state index contributed by atoms with van der Waals surface area (Å²) >= 11 is 0. The Bertz CT molecular complexity index is 729. The lowest BCUT2D eigenvalue weighted by atomic mass is 9.98. The maximum Gasteiger partial charge on any atom is 0.251 e. The van der Waals surface area contributed by atoms with Crippen molar-refractivity contribution < 1.29 is 14.3 Å². The van der Waals surface area contributed by atoms with E-state index in [0.29, 0.717) is 5.56 Å².